The minimum absolute atomic E-state index is 0.0328. The van der Waals surface area contributed by atoms with Crippen LogP contribution in [0.25, 0.3) is 0 Å². The summed E-state index contributed by atoms with van der Waals surface area (Å²) in [4.78, 5) is 23.0. The van der Waals surface area contributed by atoms with Crippen molar-refractivity contribution in [2.24, 2.45) is 0 Å². The summed E-state index contributed by atoms with van der Waals surface area (Å²) >= 11 is 0. The van der Waals surface area contributed by atoms with Crippen LogP contribution >= 0.6 is 0 Å². The predicted octanol–water partition coefficient (Wildman–Crippen LogP) is 0.697. The van der Waals surface area contributed by atoms with Crippen LogP contribution in [0, 0.1) is 0 Å². The van der Waals surface area contributed by atoms with Gasteiger partial charge >= 0.3 is 5.97 Å². The van der Waals surface area contributed by atoms with E-state index in [0.29, 0.717) is 24.8 Å². The zero-order chi connectivity index (χ0) is 16.8. The number of amides is 1. The SMILES string of the molecule is CCC1CC(C(=O)NCCc2ccc(C(=O)O)cc2OC)NN1. The van der Waals surface area contributed by atoms with Crippen LogP contribution in [0.3, 0.4) is 0 Å². The standard InChI is InChI=1S/C16H23N3O4/c1-3-12-9-13(19-18-12)15(20)17-7-6-10-4-5-11(16(21)22)8-14(10)23-2/h4-5,8,12-13,18-19H,3,6-7,9H2,1-2H3,(H,17,20)(H,21,22). The Bertz CT molecular complexity index is 576. The second-order valence-electron chi connectivity index (χ2n) is 5.55. The number of aromatic carboxylic acids is 1. The molecule has 1 saturated heterocycles. The molecule has 7 heteroatoms. The van der Waals surface area contributed by atoms with Gasteiger partial charge in [0, 0.05) is 12.6 Å². The molecule has 7 nitrogen and oxygen atoms in total. The first-order valence-corrected chi connectivity index (χ1v) is 7.74. The molecule has 0 bridgehead atoms. The normalized spacial score (nSPS) is 20.3. The van der Waals surface area contributed by atoms with Crippen molar-refractivity contribution in [3.63, 3.8) is 0 Å². The number of methoxy groups -OCH3 is 1. The van der Waals surface area contributed by atoms with Crippen LogP contribution in [0.15, 0.2) is 18.2 Å². The van der Waals surface area contributed by atoms with Crippen molar-refractivity contribution in [3.05, 3.63) is 29.3 Å². The van der Waals surface area contributed by atoms with Gasteiger partial charge in [0.1, 0.15) is 11.8 Å². The van der Waals surface area contributed by atoms with Crippen LogP contribution < -0.4 is 20.9 Å². The highest BCUT2D eigenvalue weighted by atomic mass is 16.5. The summed E-state index contributed by atoms with van der Waals surface area (Å²) in [7, 11) is 1.50. The van der Waals surface area contributed by atoms with E-state index in [1.807, 2.05) is 0 Å². The molecule has 0 spiro atoms. The molecule has 4 N–H and O–H groups in total. The lowest BCUT2D eigenvalue weighted by atomic mass is 10.1. The first-order chi connectivity index (χ1) is 11.0. The smallest absolute Gasteiger partial charge is 0.335 e. The van der Waals surface area contributed by atoms with E-state index in [0.717, 1.165) is 18.4 Å². The van der Waals surface area contributed by atoms with Crippen LogP contribution in [0.5, 0.6) is 5.75 Å². The minimum Gasteiger partial charge on any atom is -0.496 e. The second-order valence-corrected chi connectivity index (χ2v) is 5.55. The summed E-state index contributed by atoms with van der Waals surface area (Å²) in [5, 5.41) is 11.9. The quantitative estimate of drug-likeness (QED) is 0.590. The molecule has 126 valence electrons. The lowest BCUT2D eigenvalue weighted by Crippen LogP contribution is -2.43. The van der Waals surface area contributed by atoms with E-state index in [1.54, 1.807) is 6.07 Å². The van der Waals surface area contributed by atoms with Crippen molar-refractivity contribution < 1.29 is 19.4 Å². The third-order valence-corrected chi connectivity index (χ3v) is 4.02. The van der Waals surface area contributed by atoms with Gasteiger partial charge in [0.15, 0.2) is 0 Å². The first kappa shape index (κ1) is 17.2. The van der Waals surface area contributed by atoms with Gasteiger partial charge in [0.25, 0.3) is 0 Å². The van der Waals surface area contributed by atoms with E-state index >= 15 is 0 Å². The van der Waals surface area contributed by atoms with Crippen molar-refractivity contribution in [1.82, 2.24) is 16.2 Å². The van der Waals surface area contributed by atoms with E-state index in [-0.39, 0.29) is 17.5 Å². The molecule has 1 aliphatic rings. The van der Waals surface area contributed by atoms with Crippen LogP contribution in [-0.4, -0.2) is 42.7 Å². The number of rotatable bonds is 7. The fourth-order valence-corrected chi connectivity index (χ4v) is 2.59. The maximum atomic E-state index is 12.1. The largest absolute Gasteiger partial charge is 0.496 e. The molecule has 1 aromatic rings. The van der Waals surface area contributed by atoms with E-state index < -0.39 is 5.97 Å². The summed E-state index contributed by atoms with van der Waals surface area (Å²) in [6.45, 7) is 2.54. The van der Waals surface area contributed by atoms with Gasteiger partial charge in [-0.1, -0.05) is 13.0 Å². The molecular formula is C16H23N3O4. The summed E-state index contributed by atoms with van der Waals surface area (Å²) in [6, 6.07) is 4.87. The van der Waals surface area contributed by atoms with Crippen molar-refractivity contribution in [2.45, 2.75) is 38.3 Å². The Kier molecular flexibility index (Phi) is 5.95. The van der Waals surface area contributed by atoms with Crippen LogP contribution in [0.2, 0.25) is 0 Å². The van der Waals surface area contributed by atoms with E-state index in [9.17, 15) is 9.59 Å². The van der Waals surface area contributed by atoms with E-state index in [2.05, 4.69) is 23.1 Å². The monoisotopic (exact) mass is 321 g/mol. The van der Waals surface area contributed by atoms with E-state index in [4.69, 9.17) is 9.84 Å². The molecule has 0 saturated carbocycles. The Morgan fingerprint density at radius 2 is 2.17 bits per heavy atom. The molecule has 1 amide bonds. The highest BCUT2D eigenvalue weighted by Gasteiger charge is 2.27. The number of hydrazine groups is 1. The molecule has 1 heterocycles. The van der Waals surface area contributed by atoms with Crippen molar-refractivity contribution >= 4 is 11.9 Å². The van der Waals surface area contributed by atoms with Gasteiger partial charge in [-0.05, 0) is 37.0 Å². The van der Waals surface area contributed by atoms with Crippen LogP contribution in [-0.2, 0) is 11.2 Å². The topological polar surface area (TPSA) is 99.7 Å². The number of ether oxygens (including phenoxy) is 1. The molecule has 1 fully saturated rings. The molecule has 2 unspecified atom stereocenters. The maximum absolute atomic E-state index is 12.1. The van der Waals surface area contributed by atoms with Crippen molar-refractivity contribution in [3.8, 4) is 5.75 Å². The Balaban J connectivity index is 1.86. The number of carbonyl (C=O) groups is 2. The molecule has 0 aromatic heterocycles. The number of hydrogen-bond donors (Lipinski definition) is 4. The molecule has 1 aliphatic heterocycles. The molecule has 0 aliphatic carbocycles. The Morgan fingerprint density at radius 3 is 2.78 bits per heavy atom. The van der Waals surface area contributed by atoms with Crippen LogP contribution in [0.4, 0.5) is 0 Å². The molecule has 2 atom stereocenters. The number of carbonyl (C=O) groups excluding carboxylic acids is 1. The van der Waals surface area contributed by atoms with Gasteiger partial charge in [0.2, 0.25) is 5.91 Å². The van der Waals surface area contributed by atoms with Crippen molar-refractivity contribution in [2.75, 3.05) is 13.7 Å². The third kappa shape index (κ3) is 4.43. The van der Waals surface area contributed by atoms with Crippen molar-refractivity contribution in [1.29, 1.82) is 0 Å². The van der Waals surface area contributed by atoms with Gasteiger partial charge in [-0.15, -0.1) is 0 Å². The summed E-state index contributed by atoms with van der Waals surface area (Å²) in [5.74, 6) is -0.506. The molecule has 23 heavy (non-hydrogen) atoms. The molecule has 0 radical (unpaired) electrons. The summed E-state index contributed by atoms with van der Waals surface area (Å²) in [5.41, 5.74) is 7.14. The predicted molar refractivity (Wildman–Crippen MR) is 85.4 cm³/mol. The lowest BCUT2D eigenvalue weighted by Gasteiger charge is -2.12. The third-order valence-electron chi connectivity index (χ3n) is 4.02. The fourth-order valence-electron chi connectivity index (χ4n) is 2.59. The molecule has 1 aromatic carbocycles. The zero-order valence-electron chi connectivity index (χ0n) is 13.4. The Labute approximate surface area is 135 Å². The van der Waals surface area contributed by atoms with Gasteiger partial charge in [-0.2, -0.15) is 0 Å². The molecule has 2 rings (SSSR count). The number of nitrogens with one attached hydrogen (secondary N) is 3. The van der Waals surface area contributed by atoms with Gasteiger partial charge in [0.05, 0.1) is 12.7 Å². The summed E-state index contributed by atoms with van der Waals surface area (Å²) in [6.07, 6.45) is 2.33. The van der Waals surface area contributed by atoms with E-state index in [1.165, 1.54) is 19.2 Å². The maximum Gasteiger partial charge on any atom is 0.335 e. The second kappa shape index (κ2) is 7.94. The summed E-state index contributed by atoms with van der Waals surface area (Å²) < 4.78 is 5.22. The Morgan fingerprint density at radius 1 is 1.39 bits per heavy atom. The minimum atomic E-state index is -0.992. The number of carboxylic acid groups (broad SMARTS) is 1. The number of hydrogen-bond acceptors (Lipinski definition) is 5. The van der Waals surface area contributed by atoms with Gasteiger partial charge in [-0.3, -0.25) is 10.2 Å². The number of carboxylic acids is 1. The zero-order valence-corrected chi connectivity index (χ0v) is 13.4. The van der Waals surface area contributed by atoms with Crippen LogP contribution in [0.1, 0.15) is 35.7 Å². The lowest BCUT2D eigenvalue weighted by molar-refractivity contribution is -0.122. The highest BCUT2D eigenvalue weighted by Crippen LogP contribution is 2.20. The first-order valence-electron chi connectivity index (χ1n) is 7.74. The number of benzene rings is 1. The average molecular weight is 321 g/mol. The highest BCUT2D eigenvalue weighted by molar-refractivity contribution is 5.88. The molecular weight excluding hydrogens is 298 g/mol. The van der Waals surface area contributed by atoms with Gasteiger partial charge in [-0.25, -0.2) is 10.2 Å². The van der Waals surface area contributed by atoms with Gasteiger partial charge < -0.3 is 15.2 Å². The Hall–Kier alpha value is -2.12. The fraction of sp³-hybridized carbons (Fsp3) is 0.500. The average Bonchev–Trinajstić information content (AvgIpc) is 3.04.